The van der Waals surface area contributed by atoms with Gasteiger partial charge in [-0.25, -0.2) is 4.79 Å². The van der Waals surface area contributed by atoms with Crippen molar-refractivity contribution in [3.05, 3.63) is 71.8 Å². The smallest absolute Gasteiger partial charge is 0.333 e. The predicted octanol–water partition coefficient (Wildman–Crippen LogP) is 4.95. The molecule has 0 N–H and O–H groups in total. The minimum atomic E-state index is -0.475. The summed E-state index contributed by atoms with van der Waals surface area (Å²) >= 11 is 0. The van der Waals surface area contributed by atoms with Crippen molar-refractivity contribution in [3.8, 4) is 0 Å². The molecule has 0 heterocycles. The summed E-state index contributed by atoms with van der Waals surface area (Å²) in [4.78, 5) is 11.8. The van der Waals surface area contributed by atoms with Crippen molar-refractivity contribution < 1.29 is 19.0 Å². The van der Waals surface area contributed by atoms with Crippen LogP contribution in [0, 0.1) is 6.92 Å². The van der Waals surface area contributed by atoms with E-state index in [0.717, 1.165) is 5.56 Å². The van der Waals surface area contributed by atoms with Crippen LogP contribution in [-0.4, -0.2) is 32.4 Å². The highest BCUT2D eigenvalue weighted by Crippen LogP contribution is 2.30. The fourth-order valence-corrected chi connectivity index (χ4v) is 3.27. The van der Waals surface area contributed by atoms with Gasteiger partial charge in [0.15, 0.2) is 0 Å². The number of esters is 1. The number of rotatable bonds is 8. The number of carbonyl (C=O) groups excluding carboxylic acids is 1. The van der Waals surface area contributed by atoms with Crippen LogP contribution in [0.4, 0.5) is 0 Å². The maximum absolute atomic E-state index is 11.8. The molecule has 0 aromatic heterocycles. The van der Waals surface area contributed by atoms with Crippen molar-refractivity contribution in [2.75, 3.05) is 20.3 Å². The molecular weight excluding hydrogens is 352 g/mol. The lowest BCUT2D eigenvalue weighted by Gasteiger charge is -2.18. The summed E-state index contributed by atoms with van der Waals surface area (Å²) in [7, 11) is 1.57. The summed E-state index contributed by atoms with van der Waals surface area (Å²) in [6.07, 6.45) is -0.475. The Hall–Kier alpha value is -2.69. The number of carbonyl (C=O) groups is 1. The molecule has 0 aliphatic carbocycles. The highest BCUT2D eigenvalue weighted by Gasteiger charge is 2.16. The topological polar surface area (TPSA) is 44.8 Å². The van der Waals surface area contributed by atoms with Crippen molar-refractivity contribution in [3.63, 3.8) is 0 Å². The highest BCUT2D eigenvalue weighted by molar-refractivity contribution is 6.02. The van der Waals surface area contributed by atoms with Gasteiger partial charge in [0, 0.05) is 12.7 Å². The lowest BCUT2D eigenvalue weighted by molar-refractivity contribution is -0.150. The van der Waals surface area contributed by atoms with E-state index in [4.69, 9.17) is 14.2 Å². The fraction of sp³-hybridized carbons (Fsp3) is 0.292. The summed E-state index contributed by atoms with van der Waals surface area (Å²) in [6, 6.07) is 17.0. The second kappa shape index (κ2) is 9.00. The Morgan fingerprint density at radius 2 is 1.79 bits per heavy atom. The van der Waals surface area contributed by atoms with Crippen LogP contribution in [-0.2, 0) is 25.6 Å². The summed E-state index contributed by atoms with van der Waals surface area (Å²) < 4.78 is 16.5. The average molecular weight is 378 g/mol. The fourth-order valence-electron chi connectivity index (χ4n) is 3.27. The first kappa shape index (κ1) is 20.1. The third-order valence-electron chi connectivity index (χ3n) is 4.66. The quantitative estimate of drug-likeness (QED) is 0.316. The molecule has 3 aromatic rings. The second-order valence-electron chi connectivity index (χ2n) is 7.08. The van der Waals surface area contributed by atoms with Gasteiger partial charge in [-0.2, -0.15) is 0 Å². The van der Waals surface area contributed by atoms with Crippen LogP contribution in [0.5, 0.6) is 0 Å². The molecule has 1 atom stereocenters. The summed E-state index contributed by atoms with van der Waals surface area (Å²) in [5, 5.41) is 4.72. The predicted molar refractivity (Wildman–Crippen MR) is 112 cm³/mol. The van der Waals surface area contributed by atoms with E-state index in [0.29, 0.717) is 12.2 Å². The Bertz CT molecular complexity index is 1010. The van der Waals surface area contributed by atoms with Gasteiger partial charge >= 0.3 is 5.97 Å². The first-order valence-corrected chi connectivity index (χ1v) is 9.33. The largest absolute Gasteiger partial charge is 0.454 e. The van der Waals surface area contributed by atoms with E-state index in [1.54, 1.807) is 14.0 Å². The van der Waals surface area contributed by atoms with Crippen molar-refractivity contribution in [1.82, 2.24) is 0 Å². The lowest BCUT2D eigenvalue weighted by Crippen LogP contribution is -2.28. The molecule has 0 amide bonds. The van der Waals surface area contributed by atoms with Gasteiger partial charge in [0.1, 0.15) is 6.10 Å². The normalized spacial score (nSPS) is 12.2. The average Bonchev–Trinajstić information content (AvgIpc) is 2.67. The minimum Gasteiger partial charge on any atom is -0.454 e. The highest BCUT2D eigenvalue weighted by atomic mass is 16.6. The van der Waals surface area contributed by atoms with Crippen molar-refractivity contribution in [2.45, 2.75) is 26.6 Å². The lowest BCUT2D eigenvalue weighted by atomic mass is 9.96. The minimum absolute atomic E-state index is 0.253. The molecule has 3 rings (SSSR count). The molecular formula is C24H26O4. The first-order chi connectivity index (χ1) is 13.5. The van der Waals surface area contributed by atoms with E-state index < -0.39 is 12.1 Å². The summed E-state index contributed by atoms with van der Waals surface area (Å²) in [5.74, 6) is -0.433. The van der Waals surface area contributed by atoms with Crippen LogP contribution >= 0.6 is 0 Å². The third kappa shape index (κ3) is 4.58. The van der Waals surface area contributed by atoms with E-state index >= 15 is 0 Å². The van der Waals surface area contributed by atoms with Crippen molar-refractivity contribution >= 4 is 27.5 Å². The van der Waals surface area contributed by atoms with Gasteiger partial charge < -0.3 is 14.2 Å². The van der Waals surface area contributed by atoms with E-state index in [9.17, 15) is 4.79 Å². The van der Waals surface area contributed by atoms with Gasteiger partial charge in [-0.3, -0.25) is 0 Å². The standard InChI is InChI=1S/C24H26O4/c1-16(2)24(25)28-20(13-26-4)14-27-15-23-21-8-6-5-7-18(21)12-19-10-9-17(3)11-22(19)23/h5-12,20H,1,13-15H2,2-4H3. The molecule has 146 valence electrons. The van der Waals surface area contributed by atoms with Crippen LogP contribution in [0.15, 0.2) is 60.7 Å². The Balaban J connectivity index is 1.85. The second-order valence-corrected chi connectivity index (χ2v) is 7.08. The molecule has 0 aliphatic heterocycles. The van der Waals surface area contributed by atoms with Crippen LogP contribution in [0.25, 0.3) is 21.5 Å². The monoisotopic (exact) mass is 378 g/mol. The van der Waals surface area contributed by atoms with Crippen molar-refractivity contribution in [2.24, 2.45) is 0 Å². The van der Waals surface area contributed by atoms with Crippen LogP contribution in [0.1, 0.15) is 18.1 Å². The molecule has 0 saturated carbocycles. The van der Waals surface area contributed by atoms with Gasteiger partial charge in [0.05, 0.1) is 19.8 Å². The van der Waals surface area contributed by atoms with E-state index in [1.165, 1.54) is 27.1 Å². The van der Waals surface area contributed by atoms with Crippen LogP contribution < -0.4 is 0 Å². The van der Waals surface area contributed by atoms with E-state index in [-0.39, 0.29) is 13.2 Å². The molecule has 1 unspecified atom stereocenters. The van der Waals surface area contributed by atoms with Gasteiger partial charge in [-0.15, -0.1) is 0 Å². The Labute approximate surface area is 165 Å². The molecule has 4 nitrogen and oxygen atoms in total. The summed E-state index contributed by atoms with van der Waals surface area (Å²) in [6.45, 7) is 8.28. The number of benzene rings is 3. The summed E-state index contributed by atoms with van der Waals surface area (Å²) in [5.41, 5.74) is 2.70. The van der Waals surface area contributed by atoms with Crippen LogP contribution in [0.3, 0.4) is 0 Å². The Morgan fingerprint density at radius 3 is 2.54 bits per heavy atom. The maximum atomic E-state index is 11.8. The molecule has 0 bridgehead atoms. The molecule has 0 radical (unpaired) electrons. The molecule has 0 fully saturated rings. The maximum Gasteiger partial charge on any atom is 0.333 e. The first-order valence-electron chi connectivity index (χ1n) is 9.33. The molecule has 3 aromatic carbocycles. The molecule has 0 saturated heterocycles. The third-order valence-corrected chi connectivity index (χ3v) is 4.66. The molecule has 0 spiro atoms. The van der Waals surface area contributed by atoms with Gasteiger partial charge in [-0.1, -0.05) is 54.6 Å². The zero-order chi connectivity index (χ0) is 20.1. The zero-order valence-electron chi connectivity index (χ0n) is 16.7. The van der Waals surface area contributed by atoms with Gasteiger partial charge in [-0.05, 0) is 47.0 Å². The number of fused-ring (bicyclic) bond motifs is 2. The van der Waals surface area contributed by atoms with Crippen molar-refractivity contribution in [1.29, 1.82) is 0 Å². The van der Waals surface area contributed by atoms with Gasteiger partial charge in [0.2, 0.25) is 0 Å². The molecule has 0 aliphatic rings. The van der Waals surface area contributed by atoms with E-state index in [2.05, 4.69) is 49.9 Å². The molecule has 4 heteroatoms. The number of ether oxygens (including phenoxy) is 3. The Morgan fingerprint density at radius 1 is 1.04 bits per heavy atom. The Kier molecular flexibility index (Phi) is 6.45. The number of aryl methyl sites for hydroxylation is 1. The van der Waals surface area contributed by atoms with E-state index in [1.807, 2.05) is 12.1 Å². The zero-order valence-corrected chi connectivity index (χ0v) is 16.7. The number of hydrogen-bond acceptors (Lipinski definition) is 4. The molecule has 28 heavy (non-hydrogen) atoms. The number of hydrogen-bond donors (Lipinski definition) is 0. The number of methoxy groups -OCH3 is 1. The van der Waals surface area contributed by atoms with Crippen LogP contribution in [0.2, 0.25) is 0 Å². The van der Waals surface area contributed by atoms with Gasteiger partial charge in [0.25, 0.3) is 0 Å². The SMILES string of the molecule is C=C(C)C(=O)OC(COC)COCc1c2ccccc2cc2ccc(C)cc12.